The first kappa shape index (κ1) is 24.6. The number of aromatic nitrogens is 2. The van der Waals surface area contributed by atoms with Crippen molar-refractivity contribution < 1.29 is 32.2 Å². The van der Waals surface area contributed by atoms with Crippen LogP contribution in [0.1, 0.15) is 39.2 Å². The molecule has 0 bridgehead atoms. The maximum atomic E-state index is 15.7. The first-order valence-corrected chi connectivity index (χ1v) is 11.1. The minimum Gasteiger partial charge on any atom is -0.485 e. The van der Waals surface area contributed by atoms with Crippen LogP contribution in [0.3, 0.4) is 0 Å². The minimum absolute atomic E-state index is 0.0154. The second-order valence-electron chi connectivity index (χ2n) is 9.21. The second kappa shape index (κ2) is 9.59. The Morgan fingerprint density at radius 2 is 1.97 bits per heavy atom. The van der Waals surface area contributed by atoms with Crippen molar-refractivity contribution in [1.82, 2.24) is 14.9 Å². The van der Waals surface area contributed by atoms with Crippen LogP contribution in [0.5, 0.6) is 11.6 Å². The van der Waals surface area contributed by atoms with E-state index in [0.29, 0.717) is 29.6 Å². The second-order valence-corrected chi connectivity index (χ2v) is 9.21. The Kier molecular flexibility index (Phi) is 6.73. The van der Waals surface area contributed by atoms with E-state index in [1.165, 1.54) is 42.6 Å². The molecule has 3 heterocycles. The van der Waals surface area contributed by atoms with Crippen LogP contribution in [0.2, 0.25) is 0 Å². The Balaban J connectivity index is 1.63. The lowest BCUT2D eigenvalue weighted by Gasteiger charge is -2.24. The van der Waals surface area contributed by atoms with Crippen molar-refractivity contribution in [3.63, 3.8) is 0 Å². The van der Waals surface area contributed by atoms with E-state index in [2.05, 4.69) is 9.97 Å². The van der Waals surface area contributed by atoms with E-state index in [9.17, 15) is 13.6 Å². The Bertz CT molecular complexity index is 1250. The summed E-state index contributed by atoms with van der Waals surface area (Å²) in [7, 11) is 1.26. The van der Waals surface area contributed by atoms with E-state index in [4.69, 9.17) is 14.2 Å². The zero-order chi connectivity index (χ0) is 25.3. The number of carbonyl (C=O) groups is 1. The highest BCUT2D eigenvalue weighted by atomic mass is 19.3. The summed E-state index contributed by atoms with van der Waals surface area (Å²) >= 11 is 0. The lowest BCUT2D eigenvalue weighted by Crippen LogP contribution is -2.36. The van der Waals surface area contributed by atoms with Crippen molar-refractivity contribution in [3.05, 3.63) is 48.0 Å². The van der Waals surface area contributed by atoms with Gasteiger partial charge in [0.15, 0.2) is 11.6 Å². The van der Waals surface area contributed by atoms with Crippen LogP contribution in [-0.4, -0.2) is 52.9 Å². The number of benzene rings is 1. The molecule has 1 atom stereocenters. The SMILES string of the molecule is COc1ncc(-c2ccnc3ccc(OC4CCN(C(=O)OC(C)(C)C)C4)c(F)c23)cc1C(F)F. The maximum Gasteiger partial charge on any atom is 0.410 e. The zero-order valence-corrected chi connectivity index (χ0v) is 19.8. The number of hydrogen-bond acceptors (Lipinski definition) is 6. The predicted molar refractivity (Wildman–Crippen MR) is 123 cm³/mol. The molecule has 1 unspecified atom stereocenters. The van der Waals surface area contributed by atoms with Crippen LogP contribution >= 0.6 is 0 Å². The highest BCUT2D eigenvalue weighted by Gasteiger charge is 2.31. The normalized spacial score (nSPS) is 16.1. The monoisotopic (exact) mass is 489 g/mol. The fraction of sp³-hybridized carbons (Fsp3) is 0.400. The van der Waals surface area contributed by atoms with Crippen molar-refractivity contribution in [2.75, 3.05) is 20.2 Å². The van der Waals surface area contributed by atoms with Crippen molar-refractivity contribution in [3.8, 4) is 22.8 Å². The van der Waals surface area contributed by atoms with Crippen LogP contribution in [0.4, 0.5) is 18.0 Å². The lowest BCUT2D eigenvalue weighted by atomic mass is 10.0. The summed E-state index contributed by atoms with van der Waals surface area (Å²) in [6.45, 7) is 6.04. The number of hydrogen-bond donors (Lipinski definition) is 0. The number of methoxy groups -OCH3 is 1. The third-order valence-corrected chi connectivity index (χ3v) is 5.52. The number of rotatable bonds is 5. The van der Waals surface area contributed by atoms with Crippen LogP contribution in [-0.2, 0) is 4.74 Å². The quantitative estimate of drug-likeness (QED) is 0.453. The van der Waals surface area contributed by atoms with Crippen LogP contribution < -0.4 is 9.47 Å². The summed E-state index contributed by atoms with van der Waals surface area (Å²) in [4.78, 5) is 22.0. The van der Waals surface area contributed by atoms with Gasteiger partial charge in [0.1, 0.15) is 11.7 Å². The molecule has 4 rings (SSSR count). The molecule has 0 spiro atoms. The molecule has 7 nitrogen and oxygen atoms in total. The average molecular weight is 489 g/mol. The number of pyridine rings is 2. The lowest BCUT2D eigenvalue weighted by molar-refractivity contribution is 0.0275. The Labute approximate surface area is 200 Å². The van der Waals surface area contributed by atoms with Crippen molar-refractivity contribution in [1.29, 1.82) is 0 Å². The van der Waals surface area contributed by atoms with Gasteiger partial charge in [0.25, 0.3) is 6.43 Å². The zero-order valence-electron chi connectivity index (χ0n) is 19.8. The van der Waals surface area contributed by atoms with Gasteiger partial charge >= 0.3 is 6.09 Å². The Morgan fingerprint density at radius 3 is 2.66 bits per heavy atom. The van der Waals surface area contributed by atoms with Gasteiger partial charge in [-0.25, -0.2) is 22.9 Å². The number of ether oxygens (including phenoxy) is 3. The fourth-order valence-corrected chi connectivity index (χ4v) is 3.96. The van der Waals surface area contributed by atoms with Crippen molar-refractivity contribution >= 4 is 17.0 Å². The van der Waals surface area contributed by atoms with Gasteiger partial charge in [-0.1, -0.05) is 0 Å². The number of fused-ring (bicyclic) bond motifs is 1. The topological polar surface area (TPSA) is 73.8 Å². The van der Waals surface area contributed by atoms with E-state index >= 15 is 4.39 Å². The van der Waals surface area contributed by atoms with E-state index in [1.807, 2.05) is 0 Å². The van der Waals surface area contributed by atoms with E-state index in [-0.39, 0.29) is 23.6 Å². The van der Waals surface area contributed by atoms with Gasteiger partial charge in [-0.2, -0.15) is 0 Å². The molecule has 0 aliphatic carbocycles. The Morgan fingerprint density at radius 1 is 1.20 bits per heavy atom. The van der Waals surface area contributed by atoms with Crippen LogP contribution in [0.25, 0.3) is 22.0 Å². The number of alkyl halides is 2. The molecule has 3 aromatic rings. The third kappa shape index (κ3) is 5.26. The molecule has 1 aliphatic heterocycles. The fourth-order valence-electron chi connectivity index (χ4n) is 3.96. The molecule has 1 aromatic carbocycles. The number of nitrogens with zero attached hydrogens (tertiary/aromatic N) is 3. The number of carbonyl (C=O) groups excluding carboxylic acids is 1. The van der Waals surface area contributed by atoms with Gasteiger partial charge < -0.3 is 19.1 Å². The molecule has 1 aliphatic rings. The summed E-state index contributed by atoms with van der Waals surface area (Å²) in [5, 5.41) is 0.124. The molecule has 0 radical (unpaired) electrons. The molecular formula is C25H26F3N3O4. The largest absolute Gasteiger partial charge is 0.485 e. The first-order chi connectivity index (χ1) is 16.6. The number of likely N-dealkylation sites (tertiary alicyclic amines) is 1. The van der Waals surface area contributed by atoms with Gasteiger partial charge in [-0.15, -0.1) is 0 Å². The van der Waals surface area contributed by atoms with Gasteiger partial charge in [0.05, 0.1) is 24.7 Å². The first-order valence-electron chi connectivity index (χ1n) is 11.1. The van der Waals surface area contributed by atoms with Gasteiger partial charge in [-0.3, -0.25) is 4.98 Å². The molecule has 0 N–H and O–H groups in total. The summed E-state index contributed by atoms with van der Waals surface area (Å²) in [6, 6.07) is 5.84. The highest BCUT2D eigenvalue weighted by Crippen LogP contribution is 2.37. The van der Waals surface area contributed by atoms with E-state index < -0.39 is 35.6 Å². The van der Waals surface area contributed by atoms with Crippen LogP contribution in [0, 0.1) is 5.82 Å². The van der Waals surface area contributed by atoms with Gasteiger partial charge in [0, 0.05) is 36.3 Å². The third-order valence-electron chi connectivity index (χ3n) is 5.52. The Hall–Kier alpha value is -3.56. The molecule has 0 saturated carbocycles. The molecule has 1 amide bonds. The van der Waals surface area contributed by atoms with Gasteiger partial charge in [-0.05, 0) is 50.6 Å². The molecule has 1 saturated heterocycles. The average Bonchev–Trinajstić information content (AvgIpc) is 3.28. The molecule has 10 heteroatoms. The summed E-state index contributed by atoms with van der Waals surface area (Å²) in [5.74, 6) is -0.878. The summed E-state index contributed by atoms with van der Waals surface area (Å²) in [6.07, 6.45) is -0.360. The highest BCUT2D eigenvalue weighted by molar-refractivity contribution is 5.95. The smallest absolute Gasteiger partial charge is 0.410 e. The standard InChI is InChI=1S/C25H26F3N3O4/c1-25(2,3)35-24(32)31-10-8-15(13-31)34-19-6-5-18-20(21(19)26)16(7-9-29-18)14-11-17(22(27)28)23(33-4)30-12-14/h5-7,9,11-12,15,22H,8,10,13H2,1-4H3. The summed E-state index contributed by atoms with van der Waals surface area (Å²) < 4.78 is 58.9. The molecule has 35 heavy (non-hydrogen) atoms. The van der Waals surface area contributed by atoms with Crippen molar-refractivity contribution in [2.24, 2.45) is 0 Å². The molecule has 186 valence electrons. The maximum absolute atomic E-state index is 15.7. The van der Waals surface area contributed by atoms with E-state index in [0.717, 1.165) is 0 Å². The molecule has 2 aromatic heterocycles. The van der Waals surface area contributed by atoms with Crippen molar-refractivity contribution in [2.45, 2.75) is 45.3 Å². The number of amides is 1. The molecule has 1 fully saturated rings. The van der Waals surface area contributed by atoms with Gasteiger partial charge in [0.2, 0.25) is 5.88 Å². The van der Waals surface area contributed by atoms with E-state index in [1.54, 1.807) is 26.8 Å². The minimum atomic E-state index is -2.82. The molecular weight excluding hydrogens is 463 g/mol. The number of halogens is 3. The predicted octanol–water partition coefficient (Wildman–Crippen LogP) is 5.77. The summed E-state index contributed by atoms with van der Waals surface area (Å²) in [5.41, 5.74) is -0.0393. The van der Waals surface area contributed by atoms with Crippen LogP contribution in [0.15, 0.2) is 36.7 Å².